The number of nitrogens with one attached hydrogen (secondary N) is 1. The first-order valence-electron chi connectivity index (χ1n) is 10.6. The van der Waals surface area contributed by atoms with Crippen LogP contribution in [0.25, 0.3) is 0 Å². The third-order valence-electron chi connectivity index (χ3n) is 5.49. The maximum atomic E-state index is 12.8. The lowest BCUT2D eigenvalue weighted by molar-refractivity contribution is 0.0948. The molecule has 2 aromatic carbocycles. The molecule has 1 aromatic heterocycles. The van der Waals surface area contributed by atoms with E-state index in [0.717, 1.165) is 48.9 Å². The van der Waals surface area contributed by atoms with Gasteiger partial charge in [0.1, 0.15) is 18.2 Å². The Hall–Kier alpha value is -3.38. The number of benzene rings is 2. The quantitative estimate of drug-likeness (QED) is 0.640. The average Bonchev–Trinajstić information content (AvgIpc) is 2.83. The Kier molecular flexibility index (Phi) is 6.79. The van der Waals surface area contributed by atoms with Crippen LogP contribution in [-0.2, 0) is 13.2 Å². The number of aromatic nitrogens is 1. The maximum Gasteiger partial charge on any atom is 0.251 e. The number of carbonyl (C=O) groups is 1. The minimum atomic E-state index is -0.115. The van der Waals surface area contributed by atoms with Crippen LogP contribution < -0.4 is 15.0 Å². The molecule has 1 N–H and O–H groups in total. The second-order valence-electron chi connectivity index (χ2n) is 7.76. The van der Waals surface area contributed by atoms with Crippen molar-refractivity contribution in [2.75, 3.05) is 38.1 Å². The topological polar surface area (TPSA) is 57.7 Å². The van der Waals surface area contributed by atoms with Gasteiger partial charge in [-0.3, -0.25) is 4.79 Å². The zero-order chi connectivity index (χ0) is 21.5. The third-order valence-corrected chi connectivity index (χ3v) is 5.49. The summed E-state index contributed by atoms with van der Waals surface area (Å²) in [6.45, 7) is 4.85. The number of hydrogen-bond acceptors (Lipinski definition) is 5. The molecular weight excluding hydrogens is 388 g/mol. The van der Waals surface area contributed by atoms with E-state index in [2.05, 4.69) is 27.1 Å². The van der Waals surface area contributed by atoms with E-state index in [0.29, 0.717) is 18.7 Å². The molecule has 0 aliphatic carbocycles. The Balaban J connectivity index is 1.33. The molecule has 1 saturated heterocycles. The van der Waals surface area contributed by atoms with Crippen LogP contribution in [0.4, 0.5) is 5.82 Å². The summed E-state index contributed by atoms with van der Waals surface area (Å²) in [6.07, 6.45) is 1.85. The second-order valence-corrected chi connectivity index (χ2v) is 7.76. The Morgan fingerprint density at radius 2 is 1.71 bits per heavy atom. The summed E-state index contributed by atoms with van der Waals surface area (Å²) in [5, 5.41) is 3.00. The van der Waals surface area contributed by atoms with Crippen LogP contribution in [0.1, 0.15) is 21.5 Å². The number of pyridine rings is 1. The third kappa shape index (κ3) is 5.61. The summed E-state index contributed by atoms with van der Waals surface area (Å²) >= 11 is 0. The van der Waals surface area contributed by atoms with Crippen LogP contribution in [-0.4, -0.2) is 49.0 Å². The largest absolute Gasteiger partial charge is 0.489 e. The first-order chi connectivity index (χ1) is 15.2. The van der Waals surface area contributed by atoms with Gasteiger partial charge >= 0.3 is 0 Å². The molecule has 0 atom stereocenters. The first-order valence-corrected chi connectivity index (χ1v) is 10.6. The van der Waals surface area contributed by atoms with Crippen LogP contribution in [0.2, 0.25) is 0 Å². The molecule has 6 nitrogen and oxygen atoms in total. The average molecular weight is 417 g/mol. The van der Waals surface area contributed by atoms with Gasteiger partial charge in [0, 0.05) is 50.0 Å². The van der Waals surface area contributed by atoms with Crippen molar-refractivity contribution in [1.29, 1.82) is 0 Å². The minimum absolute atomic E-state index is 0.115. The van der Waals surface area contributed by atoms with E-state index in [-0.39, 0.29) is 5.91 Å². The van der Waals surface area contributed by atoms with E-state index in [1.54, 1.807) is 0 Å². The molecule has 1 fully saturated rings. The smallest absolute Gasteiger partial charge is 0.251 e. The van der Waals surface area contributed by atoms with E-state index in [4.69, 9.17) is 4.74 Å². The number of amides is 1. The summed E-state index contributed by atoms with van der Waals surface area (Å²) in [5.41, 5.74) is 2.46. The zero-order valence-corrected chi connectivity index (χ0v) is 17.8. The van der Waals surface area contributed by atoms with Crippen molar-refractivity contribution in [2.24, 2.45) is 0 Å². The summed E-state index contributed by atoms with van der Waals surface area (Å²) in [4.78, 5) is 22.0. The number of likely N-dealkylation sites (N-methyl/N-ethyl adjacent to an activating group) is 1. The van der Waals surface area contributed by atoms with E-state index >= 15 is 0 Å². The number of ether oxygens (including phenoxy) is 1. The van der Waals surface area contributed by atoms with Gasteiger partial charge in [0.15, 0.2) is 0 Å². The summed E-state index contributed by atoms with van der Waals surface area (Å²) in [6, 6.07) is 21.2. The normalized spacial score (nSPS) is 14.3. The Morgan fingerprint density at radius 1 is 0.968 bits per heavy atom. The Morgan fingerprint density at radius 3 is 2.45 bits per heavy atom. The highest BCUT2D eigenvalue weighted by molar-refractivity contribution is 5.95. The van der Waals surface area contributed by atoms with E-state index in [9.17, 15) is 4.79 Å². The first kappa shape index (κ1) is 20.9. The number of nitrogens with zero attached hydrogens (tertiary/aromatic N) is 3. The fraction of sp³-hybridized carbons (Fsp3) is 0.280. The standard InChI is InChI=1S/C25H28N4O2/c1-28-13-15-29(16-14-28)24-12-11-20(17-26-24)18-27-25(30)23-10-6-5-7-21(23)19-31-22-8-3-2-4-9-22/h2-12,17H,13-16,18-19H2,1H3,(H,27,30). The van der Waals surface area contributed by atoms with Gasteiger partial charge in [0.25, 0.3) is 5.91 Å². The van der Waals surface area contributed by atoms with Gasteiger partial charge in [-0.2, -0.15) is 0 Å². The number of hydrogen-bond donors (Lipinski definition) is 1. The summed E-state index contributed by atoms with van der Waals surface area (Å²) in [7, 11) is 2.14. The Labute approximate surface area is 183 Å². The predicted molar refractivity (Wildman–Crippen MR) is 122 cm³/mol. The van der Waals surface area contributed by atoms with Gasteiger partial charge in [0.2, 0.25) is 0 Å². The fourth-order valence-electron chi connectivity index (χ4n) is 3.57. The second kappa shape index (κ2) is 10.1. The number of rotatable bonds is 7. The summed E-state index contributed by atoms with van der Waals surface area (Å²) in [5.74, 6) is 1.66. The van der Waals surface area contributed by atoms with E-state index in [1.807, 2.05) is 72.9 Å². The van der Waals surface area contributed by atoms with Crippen LogP contribution in [0.15, 0.2) is 72.9 Å². The molecule has 1 aliphatic rings. The molecule has 4 rings (SSSR count). The Bertz CT molecular complexity index is 984. The molecule has 0 bridgehead atoms. The van der Waals surface area contributed by atoms with Gasteiger partial charge in [-0.15, -0.1) is 0 Å². The fourth-order valence-corrected chi connectivity index (χ4v) is 3.57. The number of piperazine rings is 1. The molecule has 6 heteroatoms. The van der Waals surface area contributed by atoms with Crippen molar-refractivity contribution < 1.29 is 9.53 Å². The number of anilines is 1. The van der Waals surface area contributed by atoms with Crippen molar-refractivity contribution in [1.82, 2.24) is 15.2 Å². The molecule has 1 amide bonds. The van der Waals surface area contributed by atoms with E-state index in [1.165, 1.54) is 0 Å². The lowest BCUT2D eigenvalue weighted by Crippen LogP contribution is -2.44. The monoisotopic (exact) mass is 416 g/mol. The van der Waals surface area contributed by atoms with Gasteiger partial charge in [-0.25, -0.2) is 4.98 Å². The van der Waals surface area contributed by atoms with Crippen LogP contribution in [0.3, 0.4) is 0 Å². The highest BCUT2D eigenvalue weighted by Crippen LogP contribution is 2.16. The SMILES string of the molecule is CN1CCN(c2ccc(CNC(=O)c3ccccc3COc3ccccc3)cn2)CC1. The molecule has 0 radical (unpaired) electrons. The molecular formula is C25H28N4O2. The molecule has 3 aromatic rings. The van der Waals surface area contributed by atoms with Crippen molar-refractivity contribution in [3.05, 3.63) is 89.6 Å². The van der Waals surface area contributed by atoms with Crippen molar-refractivity contribution in [3.63, 3.8) is 0 Å². The maximum absolute atomic E-state index is 12.8. The van der Waals surface area contributed by atoms with Gasteiger partial charge in [-0.05, 0) is 36.9 Å². The van der Waals surface area contributed by atoms with Crippen molar-refractivity contribution in [2.45, 2.75) is 13.2 Å². The van der Waals surface area contributed by atoms with Gasteiger partial charge in [-0.1, -0.05) is 42.5 Å². The summed E-state index contributed by atoms with van der Waals surface area (Å²) < 4.78 is 5.83. The van der Waals surface area contributed by atoms with Crippen molar-refractivity contribution in [3.8, 4) is 5.75 Å². The van der Waals surface area contributed by atoms with E-state index < -0.39 is 0 Å². The van der Waals surface area contributed by atoms with Crippen molar-refractivity contribution >= 4 is 11.7 Å². The predicted octanol–water partition coefficient (Wildman–Crippen LogP) is 3.34. The molecule has 160 valence electrons. The lowest BCUT2D eigenvalue weighted by atomic mass is 10.1. The zero-order valence-electron chi connectivity index (χ0n) is 17.8. The molecule has 0 spiro atoms. The van der Waals surface area contributed by atoms with Crippen LogP contribution >= 0.6 is 0 Å². The van der Waals surface area contributed by atoms with Gasteiger partial charge in [0.05, 0.1) is 0 Å². The molecule has 2 heterocycles. The highest BCUT2D eigenvalue weighted by Gasteiger charge is 2.15. The lowest BCUT2D eigenvalue weighted by Gasteiger charge is -2.33. The van der Waals surface area contributed by atoms with Gasteiger partial charge < -0.3 is 19.9 Å². The molecule has 1 aliphatic heterocycles. The van der Waals surface area contributed by atoms with Crippen LogP contribution in [0.5, 0.6) is 5.75 Å². The highest BCUT2D eigenvalue weighted by atomic mass is 16.5. The minimum Gasteiger partial charge on any atom is -0.489 e. The molecule has 31 heavy (non-hydrogen) atoms. The number of para-hydroxylation sites is 1. The number of carbonyl (C=O) groups excluding carboxylic acids is 1. The molecule has 0 saturated carbocycles. The molecule has 0 unspecified atom stereocenters. The van der Waals surface area contributed by atoms with Crippen LogP contribution in [0, 0.1) is 0 Å².